The van der Waals surface area contributed by atoms with Crippen molar-refractivity contribution < 1.29 is 27.5 Å². The maximum Gasteiger partial charge on any atom is 0.333 e. The zero-order valence-electron chi connectivity index (χ0n) is 13.4. The van der Waals surface area contributed by atoms with Crippen molar-refractivity contribution in [2.45, 2.75) is 31.3 Å². The minimum atomic E-state index is -3.67. The number of aryl methyl sites for hydroxylation is 1. The summed E-state index contributed by atoms with van der Waals surface area (Å²) in [6.07, 6.45) is -1.12. The number of sulfone groups is 1. The van der Waals surface area contributed by atoms with Gasteiger partial charge in [-0.2, -0.15) is 0 Å². The first-order chi connectivity index (χ1) is 10.7. The summed E-state index contributed by atoms with van der Waals surface area (Å²) in [6, 6.07) is 6.34. The quantitative estimate of drug-likeness (QED) is 0.556. The van der Waals surface area contributed by atoms with Crippen LogP contribution in [-0.4, -0.2) is 39.3 Å². The molecule has 0 bridgehead atoms. The van der Waals surface area contributed by atoms with Crippen molar-refractivity contribution in [2.75, 3.05) is 12.9 Å². The standard InChI is InChI=1S/C16H20O6S/c1-11-5-7-15(8-6-11)23(19,20)10-14(22-13(3)17)9-12(2)16(18)21-4/h5-8,14H,2,9-10H2,1,3-4H3. The number of carbonyl (C=O) groups is 2. The highest BCUT2D eigenvalue weighted by atomic mass is 32.2. The molecule has 0 saturated heterocycles. The van der Waals surface area contributed by atoms with Crippen LogP contribution in [0, 0.1) is 6.92 Å². The van der Waals surface area contributed by atoms with Gasteiger partial charge in [0.15, 0.2) is 9.84 Å². The second-order valence-corrected chi connectivity index (χ2v) is 7.16. The molecule has 1 aromatic rings. The van der Waals surface area contributed by atoms with Crippen LogP contribution in [0.5, 0.6) is 0 Å². The van der Waals surface area contributed by atoms with Gasteiger partial charge in [-0.05, 0) is 19.1 Å². The Morgan fingerprint density at radius 1 is 1.22 bits per heavy atom. The van der Waals surface area contributed by atoms with E-state index in [0.29, 0.717) is 0 Å². The van der Waals surface area contributed by atoms with E-state index in [1.165, 1.54) is 26.2 Å². The van der Waals surface area contributed by atoms with Gasteiger partial charge in [-0.25, -0.2) is 13.2 Å². The van der Waals surface area contributed by atoms with E-state index in [1.54, 1.807) is 12.1 Å². The van der Waals surface area contributed by atoms with Crippen molar-refractivity contribution in [1.29, 1.82) is 0 Å². The predicted octanol–water partition coefficient (Wildman–Crippen LogP) is 1.82. The molecule has 0 saturated carbocycles. The molecule has 0 spiro atoms. The van der Waals surface area contributed by atoms with Gasteiger partial charge in [0.1, 0.15) is 6.10 Å². The number of methoxy groups -OCH3 is 1. The predicted molar refractivity (Wildman–Crippen MR) is 84.6 cm³/mol. The molecule has 0 aromatic heterocycles. The Kier molecular flexibility index (Phi) is 6.50. The third-order valence-corrected chi connectivity index (χ3v) is 4.87. The number of hydrogen-bond donors (Lipinski definition) is 0. The molecule has 1 aromatic carbocycles. The highest BCUT2D eigenvalue weighted by molar-refractivity contribution is 7.91. The van der Waals surface area contributed by atoms with Gasteiger partial charge in [-0.1, -0.05) is 24.3 Å². The highest BCUT2D eigenvalue weighted by Gasteiger charge is 2.26. The summed E-state index contributed by atoms with van der Waals surface area (Å²) in [5.41, 5.74) is 0.970. The number of esters is 2. The van der Waals surface area contributed by atoms with Crippen molar-refractivity contribution >= 4 is 21.8 Å². The Bertz CT molecular complexity index is 688. The minimum Gasteiger partial charge on any atom is -0.466 e. The van der Waals surface area contributed by atoms with Gasteiger partial charge in [-0.15, -0.1) is 0 Å². The molecule has 0 fully saturated rings. The van der Waals surface area contributed by atoms with Crippen LogP contribution in [0.15, 0.2) is 41.3 Å². The van der Waals surface area contributed by atoms with Crippen LogP contribution in [0.3, 0.4) is 0 Å². The van der Waals surface area contributed by atoms with Crippen molar-refractivity contribution in [3.63, 3.8) is 0 Å². The molecule has 1 atom stereocenters. The summed E-state index contributed by atoms with van der Waals surface area (Å²) in [5.74, 6) is -1.74. The van der Waals surface area contributed by atoms with Crippen molar-refractivity contribution in [3.8, 4) is 0 Å². The van der Waals surface area contributed by atoms with Crippen LogP contribution in [0.2, 0.25) is 0 Å². The Balaban J connectivity index is 2.95. The second kappa shape index (κ2) is 7.92. The van der Waals surface area contributed by atoms with Crippen molar-refractivity contribution in [3.05, 3.63) is 42.0 Å². The van der Waals surface area contributed by atoms with Crippen LogP contribution in [0.25, 0.3) is 0 Å². The molecule has 1 rings (SSSR count). The van der Waals surface area contributed by atoms with Gasteiger partial charge in [0.05, 0.1) is 17.8 Å². The van der Waals surface area contributed by atoms with E-state index in [0.717, 1.165) is 5.56 Å². The summed E-state index contributed by atoms with van der Waals surface area (Å²) >= 11 is 0. The largest absolute Gasteiger partial charge is 0.466 e. The van der Waals surface area contributed by atoms with E-state index in [2.05, 4.69) is 11.3 Å². The molecule has 126 valence electrons. The minimum absolute atomic E-state index is 0.0397. The van der Waals surface area contributed by atoms with Gasteiger partial charge >= 0.3 is 11.9 Å². The normalized spacial score (nSPS) is 12.3. The first kappa shape index (κ1) is 18.9. The summed E-state index contributed by atoms with van der Waals surface area (Å²) in [6.45, 7) is 6.54. The lowest BCUT2D eigenvalue weighted by Crippen LogP contribution is -2.28. The zero-order valence-corrected chi connectivity index (χ0v) is 14.2. The van der Waals surface area contributed by atoms with E-state index < -0.39 is 33.6 Å². The smallest absolute Gasteiger partial charge is 0.333 e. The second-order valence-electron chi connectivity index (χ2n) is 5.13. The number of carbonyl (C=O) groups excluding carboxylic acids is 2. The fraction of sp³-hybridized carbons (Fsp3) is 0.375. The molecule has 0 amide bonds. The molecule has 0 radical (unpaired) electrons. The number of benzene rings is 1. The van der Waals surface area contributed by atoms with Crippen LogP contribution >= 0.6 is 0 Å². The highest BCUT2D eigenvalue weighted by Crippen LogP contribution is 2.18. The number of hydrogen-bond acceptors (Lipinski definition) is 6. The van der Waals surface area contributed by atoms with Crippen LogP contribution in [0.1, 0.15) is 18.9 Å². The summed E-state index contributed by atoms with van der Waals surface area (Å²) in [5, 5.41) is 0. The van der Waals surface area contributed by atoms with E-state index in [4.69, 9.17) is 4.74 Å². The van der Waals surface area contributed by atoms with Gasteiger partial charge in [0.25, 0.3) is 0 Å². The maximum atomic E-state index is 12.4. The molecule has 1 unspecified atom stereocenters. The van der Waals surface area contributed by atoms with E-state index >= 15 is 0 Å². The first-order valence-electron chi connectivity index (χ1n) is 6.88. The molecule has 0 aliphatic heterocycles. The molecule has 0 heterocycles. The average molecular weight is 340 g/mol. The fourth-order valence-corrected chi connectivity index (χ4v) is 3.38. The molecule has 7 heteroatoms. The van der Waals surface area contributed by atoms with Gasteiger partial charge in [0, 0.05) is 18.9 Å². The van der Waals surface area contributed by atoms with Gasteiger partial charge in [-0.3, -0.25) is 4.79 Å². The molecular weight excluding hydrogens is 320 g/mol. The SMILES string of the molecule is C=C(CC(CS(=O)(=O)c1ccc(C)cc1)OC(C)=O)C(=O)OC. The van der Waals surface area contributed by atoms with Crippen LogP contribution in [-0.2, 0) is 28.9 Å². The lowest BCUT2D eigenvalue weighted by Gasteiger charge is -2.17. The Morgan fingerprint density at radius 3 is 2.26 bits per heavy atom. The first-order valence-corrected chi connectivity index (χ1v) is 8.53. The van der Waals surface area contributed by atoms with Crippen LogP contribution in [0.4, 0.5) is 0 Å². The topological polar surface area (TPSA) is 86.7 Å². The van der Waals surface area contributed by atoms with E-state index in [1.807, 2.05) is 6.92 Å². The Hall–Kier alpha value is -2.15. The Morgan fingerprint density at radius 2 is 1.78 bits per heavy atom. The zero-order chi connectivity index (χ0) is 17.6. The molecule has 0 aliphatic carbocycles. The van der Waals surface area contributed by atoms with Gasteiger partial charge < -0.3 is 9.47 Å². The van der Waals surface area contributed by atoms with Crippen molar-refractivity contribution in [1.82, 2.24) is 0 Å². The molecule has 0 aliphatic rings. The molecule has 0 N–H and O–H groups in total. The van der Waals surface area contributed by atoms with Crippen LogP contribution < -0.4 is 0 Å². The summed E-state index contributed by atoms with van der Waals surface area (Å²) in [7, 11) is -2.48. The summed E-state index contributed by atoms with van der Waals surface area (Å²) in [4.78, 5) is 22.7. The molecule has 23 heavy (non-hydrogen) atoms. The van der Waals surface area contributed by atoms with E-state index in [9.17, 15) is 18.0 Å². The fourth-order valence-electron chi connectivity index (χ4n) is 1.96. The third-order valence-electron chi connectivity index (χ3n) is 3.07. The summed E-state index contributed by atoms with van der Waals surface area (Å²) < 4.78 is 34.4. The lowest BCUT2D eigenvalue weighted by atomic mass is 10.1. The van der Waals surface area contributed by atoms with E-state index in [-0.39, 0.29) is 16.9 Å². The number of ether oxygens (including phenoxy) is 2. The monoisotopic (exact) mass is 340 g/mol. The molecule has 6 nitrogen and oxygen atoms in total. The third kappa shape index (κ3) is 5.86. The Labute approximate surface area is 136 Å². The van der Waals surface area contributed by atoms with Gasteiger partial charge in [0.2, 0.25) is 0 Å². The lowest BCUT2D eigenvalue weighted by molar-refractivity contribution is -0.146. The number of rotatable bonds is 7. The average Bonchev–Trinajstić information content (AvgIpc) is 2.45. The molecular formula is C16H20O6S. The van der Waals surface area contributed by atoms with Crippen molar-refractivity contribution in [2.24, 2.45) is 0 Å². The maximum absolute atomic E-state index is 12.4.